The minimum atomic E-state index is -4.08. The molecule has 0 bridgehead atoms. The van der Waals surface area contributed by atoms with Gasteiger partial charge in [0.05, 0.1) is 5.92 Å². The van der Waals surface area contributed by atoms with Crippen molar-refractivity contribution in [2.45, 2.75) is 12.6 Å². The maximum Gasteiger partial charge on any atom is 0.395 e. The average Bonchev–Trinajstić information content (AvgIpc) is 1.86. The molecule has 0 N–H and O–H groups in total. The first kappa shape index (κ1) is 9.09. The second kappa shape index (κ2) is 3.16. The SMILES string of the molecule is FC(F)(F)C1C=CC(I)=CC1. The van der Waals surface area contributed by atoms with Crippen LogP contribution >= 0.6 is 22.6 Å². The Morgan fingerprint density at radius 2 is 2.09 bits per heavy atom. The summed E-state index contributed by atoms with van der Waals surface area (Å²) in [6, 6.07) is 0. The van der Waals surface area contributed by atoms with Crippen LogP contribution < -0.4 is 0 Å². The van der Waals surface area contributed by atoms with Crippen molar-refractivity contribution in [1.82, 2.24) is 0 Å². The lowest BCUT2D eigenvalue weighted by Gasteiger charge is -2.17. The van der Waals surface area contributed by atoms with E-state index in [0.29, 0.717) is 0 Å². The van der Waals surface area contributed by atoms with Crippen LogP contribution in [0, 0.1) is 5.92 Å². The zero-order valence-electron chi connectivity index (χ0n) is 5.53. The Bertz CT molecular complexity index is 202. The molecule has 0 aromatic rings. The fourth-order valence-electron chi connectivity index (χ4n) is 0.837. The molecule has 0 spiro atoms. The molecule has 0 amide bonds. The summed E-state index contributed by atoms with van der Waals surface area (Å²) in [6.07, 6.45) is 0.311. The molecule has 0 fully saturated rings. The highest BCUT2D eigenvalue weighted by molar-refractivity contribution is 14.1. The monoisotopic (exact) mass is 274 g/mol. The summed E-state index contributed by atoms with van der Waals surface area (Å²) in [4.78, 5) is 0. The molecule has 62 valence electrons. The molecule has 0 radical (unpaired) electrons. The Kier molecular flexibility index (Phi) is 2.61. The van der Waals surface area contributed by atoms with Gasteiger partial charge in [0.1, 0.15) is 0 Å². The van der Waals surface area contributed by atoms with E-state index in [1.807, 2.05) is 22.6 Å². The van der Waals surface area contributed by atoms with E-state index in [-0.39, 0.29) is 6.42 Å². The van der Waals surface area contributed by atoms with Crippen LogP contribution in [0.2, 0.25) is 0 Å². The Hall–Kier alpha value is -0.000000000000000111. The number of hydrogen-bond donors (Lipinski definition) is 0. The second-order valence-corrected chi connectivity index (χ2v) is 3.58. The van der Waals surface area contributed by atoms with Crippen molar-refractivity contribution >= 4 is 22.6 Å². The molecular weight excluding hydrogens is 268 g/mol. The molecule has 0 aromatic carbocycles. The van der Waals surface area contributed by atoms with E-state index in [9.17, 15) is 13.2 Å². The maximum absolute atomic E-state index is 12.0. The third-order valence-corrected chi connectivity index (χ3v) is 2.27. The zero-order chi connectivity index (χ0) is 8.48. The predicted molar refractivity (Wildman–Crippen MR) is 45.4 cm³/mol. The number of rotatable bonds is 0. The van der Waals surface area contributed by atoms with Gasteiger partial charge in [0.2, 0.25) is 0 Å². The normalized spacial score (nSPS) is 25.1. The third-order valence-electron chi connectivity index (χ3n) is 1.47. The van der Waals surface area contributed by atoms with Crippen LogP contribution in [0.3, 0.4) is 0 Å². The van der Waals surface area contributed by atoms with Crippen LogP contribution in [0.4, 0.5) is 13.2 Å². The van der Waals surface area contributed by atoms with Crippen LogP contribution in [0.5, 0.6) is 0 Å². The van der Waals surface area contributed by atoms with E-state index in [1.54, 1.807) is 6.08 Å². The average molecular weight is 274 g/mol. The second-order valence-electron chi connectivity index (χ2n) is 2.33. The van der Waals surface area contributed by atoms with Crippen molar-refractivity contribution < 1.29 is 13.2 Å². The number of hydrogen-bond acceptors (Lipinski definition) is 0. The summed E-state index contributed by atoms with van der Waals surface area (Å²) in [6.45, 7) is 0. The molecule has 0 saturated carbocycles. The summed E-state index contributed by atoms with van der Waals surface area (Å²) < 4.78 is 36.8. The van der Waals surface area contributed by atoms with Gasteiger partial charge >= 0.3 is 6.18 Å². The van der Waals surface area contributed by atoms with E-state index < -0.39 is 12.1 Å². The molecule has 1 aliphatic carbocycles. The van der Waals surface area contributed by atoms with E-state index in [4.69, 9.17) is 0 Å². The Morgan fingerprint density at radius 3 is 2.45 bits per heavy atom. The van der Waals surface area contributed by atoms with Crippen molar-refractivity contribution in [1.29, 1.82) is 0 Å². The predicted octanol–water partition coefficient (Wildman–Crippen LogP) is 3.44. The molecule has 1 unspecified atom stereocenters. The number of allylic oxidation sites excluding steroid dienone is 4. The van der Waals surface area contributed by atoms with E-state index in [0.717, 1.165) is 3.58 Å². The Balaban J connectivity index is 2.63. The Morgan fingerprint density at radius 1 is 1.45 bits per heavy atom. The molecule has 11 heavy (non-hydrogen) atoms. The fourth-order valence-corrected chi connectivity index (χ4v) is 1.30. The van der Waals surface area contributed by atoms with Crippen LogP contribution in [0.15, 0.2) is 21.8 Å². The van der Waals surface area contributed by atoms with Gasteiger partial charge in [-0.05, 0) is 29.0 Å². The van der Waals surface area contributed by atoms with Gasteiger partial charge in [0, 0.05) is 3.58 Å². The maximum atomic E-state index is 12.0. The van der Waals surface area contributed by atoms with Crippen molar-refractivity contribution in [3.63, 3.8) is 0 Å². The first-order valence-corrected chi connectivity index (χ1v) is 4.18. The highest BCUT2D eigenvalue weighted by Gasteiger charge is 2.37. The minimum absolute atomic E-state index is 0.0816. The molecule has 0 aromatic heterocycles. The van der Waals surface area contributed by atoms with Gasteiger partial charge in [0.15, 0.2) is 0 Å². The molecule has 0 aliphatic heterocycles. The van der Waals surface area contributed by atoms with Gasteiger partial charge in [-0.3, -0.25) is 0 Å². The van der Waals surface area contributed by atoms with Crippen molar-refractivity contribution in [2.24, 2.45) is 5.92 Å². The van der Waals surface area contributed by atoms with Crippen LogP contribution in [0.25, 0.3) is 0 Å². The fraction of sp³-hybridized carbons (Fsp3) is 0.429. The topological polar surface area (TPSA) is 0 Å². The summed E-state index contributed by atoms with van der Waals surface area (Å²) in [5.74, 6) is -1.28. The van der Waals surface area contributed by atoms with Crippen LogP contribution in [0.1, 0.15) is 6.42 Å². The Labute approximate surface area is 76.3 Å². The van der Waals surface area contributed by atoms with Crippen molar-refractivity contribution in [2.75, 3.05) is 0 Å². The van der Waals surface area contributed by atoms with Gasteiger partial charge in [-0.2, -0.15) is 13.2 Å². The minimum Gasteiger partial charge on any atom is -0.170 e. The molecule has 0 saturated heterocycles. The zero-order valence-corrected chi connectivity index (χ0v) is 7.69. The molecular formula is C7H6F3I. The standard InChI is InChI=1S/C7H6F3I/c8-7(9,10)5-1-3-6(11)4-2-5/h1,3-5H,2H2. The molecule has 4 heteroatoms. The van der Waals surface area contributed by atoms with Gasteiger partial charge in [-0.1, -0.05) is 18.2 Å². The van der Waals surface area contributed by atoms with Gasteiger partial charge in [-0.15, -0.1) is 0 Å². The summed E-state index contributed by atoms with van der Waals surface area (Å²) in [5.41, 5.74) is 0. The van der Waals surface area contributed by atoms with E-state index >= 15 is 0 Å². The van der Waals surface area contributed by atoms with Crippen molar-refractivity contribution in [3.8, 4) is 0 Å². The first-order valence-electron chi connectivity index (χ1n) is 3.11. The van der Waals surface area contributed by atoms with Crippen LogP contribution in [-0.2, 0) is 0 Å². The molecule has 0 heterocycles. The summed E-state index contributed by atoms with van der Waals surface area (Å²) in [7, 11) is 0. The van der Waals surface area contributed by atoms with Crippen molar-refractivity contribution in [3.05, 3.63) is 21.8 Å². The highest BCUT2D eigenvalue weighted by Crippen LogP contribution is 2.33. The highest BCUT2D eigenvalue weighted by atomic mass is 127. The number of alkyl halides is 3. The summed E-state index contributed by atoms with van der Waals surface area (Å²) in [5, 5.41) is 0. The van der Waals surface area contributed by atoms with E-state index in [1.165, 1.54) is 12.2 Å². The van der Waals surface area contributed by atoms with Gasteiger partial charge < -0.3 is 0 Å². The lowest BCUT2D eigenvalue weighted by molar-refractivity contribution is -0.160. The molecule has 1 atom stereocenters. The van der Waals surface area contributed by atoms with Crippen LogP contribution in [-0.4, -0.2) is 6.18 Å². The third kappa shape index (κ3) is 2.50. The lowest BCUT2D eigenvalue weighted by Crippen LogP contribution is -2.21. The smallest absolute Gasteiger partial charge is 0.170 e. The molecule has 1 rings (SSSR count). The van der Waals surface area contributed by atoms with Gasteiger partial charge in [0.25, 0.3) is 0 Å². The van der Waals surface area contributed by atoms with Gasteiger partial charge in [-0.25, -0.2) is 0 Å². The number of halogens is 4. The lowest BCUT2D eigenvalue weighted by atomic mass is 10.0. The van der Waals surface area contributed by atoms with E-state index in [2.05, 4.69) is 0 Å². The quantitative estimate of drug-likeness (QED) is 0.593. The molecule has 0 nitrogen and oxygen atoms in total. The molecule has 1 aliphatic rings. The largest absolute Gasteiger partial charge is 0.395 e. The summed E-state index contributed by atoms with van der Waals surface area (Å²) >= 11 is 2.00. The first-order chi connectivity index (χ1) is 5.00.